The molecule has 3 rings (SSSR count). The monoisotopic (exact) mass is 332 g/mol. The SMILES string of the molecule is CCCc1[nH]ncc1C(=O)N(C)CC1CCCc2sc(C)nc21. The molecule has 0 aromatic carbocycles. The van der Waals surface area contributed by atoms with Crippen molar-refractivity contribution in [1.29, 1.82) is 0 Å². The maximum absolute atomic E-state index is 12.7. The Morgan fingerprint density at radius 2 is 2.35 bits per heavy atom. The van der Waals surface area contributed by atoms with Crippen molar-refractivity contribution in [2.45, 2.75) is 51.9 Å². The van der Waals surface area contributed by atoms with E-state index in [-0.39, 0.29) is 5.91 Å². The Labute approximate surface area is 141 Å². The lowest BCUT2D eigenvalue weighted by Gasteiger charge is -2.26. The zero-order chi connectivity index (χ0) is 16.4. The summed E-state index contributed by atoms with van der Waals surface area (Å²) in [5.41, 5.74) is 2.87. The largest absolute Gasteiger partial charge is 0.341 e. The molecular formula is C17H24N4OS. The van der Waals surface area contributed by atoms with Crippen LogP contribution < -0.4 is 0 Å². The van der Waals surface area contributed by atoms with Gasteiger partial charge in [0.25, 0.3) is 5.91 Å². The van der Waals surface area contributed by atoms with E-state index >= 15 is 0 Å². The topological polar surface area (TPSA) is 61.9 Å². The van der Waals surface area contributed by atoms with Gasteiger partial charge in [-0.3, -0.25) is 9.89 Å². The van der Waals surface area contributed by atoms with Gasteiger partial charge in [-0.1, -0.05) is 13.3 Å². The summed E-state index contributed by atoms with van der Waals surface area (Å²) < 4.78 is 0. The van der Waals surface area contributed by atoms with Crippen LogP contribution in [0.4, 0.5) is 0 Å². The van der Waals surface area contributed by atoms with Crippen molar-refractivity contribution in [1.82, 2.24) is 20.1 Å². The predicted molar refractivity (Wildman–Crippen MR) is 92.1 cm³/mol. The Hall–Kier alpha value is -1.69. The molecular weight excluding hydrogens is 308 g/mol. The molecule has 1 unspecified atom stereocenters. The highest BCUT2D eigenvalue weighted by Crippen LogP contribution is 2.35. The van der Waals surface area contributed by atoms with Crippen LogP contribution in [-0.4, -0.2) is 39.6 Å². The molecule has 0 saturated carbocycles. The third-order valence-corrected chi connectivity index (χ3v) is 5.51. The summed E-state index contributed by atoms with van der Waals surface area (Å²) in [6.45, 7) is 4.90. The molecule has 5 nitrogen and oxygen atoms in total. The number of carbonyl (C=O) groups is 1. The molecule has 1 aliphatic carbocycles. The fourth-order valence-corrected chi connectivity index (χ4v) is 4.43. The molecule has 0 spiro atoms. The zero-order valence-corrected chi connectivity index (χ0v) is 14.9. The summed E-state index contributed by atoms with van der Waals surface area (Å²) in [4.78, 5) is 20.7. The minimum absolute atomic E-state index is 0.0567. The highest BCUT2D eigenvalue weighted by molar-refractivity contribution is 7.11. The molecule has 0 aliphatic heterocycles. The molecule has 1 amide bonds. The van der Waals surface area contributed by atoms with Crippen molar-refractivity contribution in [3.05, 3.63) is 33.0 Å². The van der Waals surface area contributed by atoms with Gasteiger partial charge in [-0.2, -0.15) is 5.10 Å². The molecule has 0 radical (unpaired) electrons. The van der Waals surface area contributed by atoms with E-state index < -0.39 is 0 Å². The van der Waals surface area contributed by atoms with Gasteiger partial charge in [0.2, 0.25) is 0 Å². The van der Waals surface area contributed by atoms with Crippen molar-refractivity contribution < 1.29 is 4.79 Å². The maximum atomic E-state index is 12.7. The summed E-state index contributed by atoms with van der Waals surface area (Å²) in [6.07, 6.45) is 6.94. The fraction of sp³-hybridized carbons (Fsp3) is 0.588. The number of H-pyrrole nitrogens is 1. The number of aromatic amines is 1. The van der Waals surface area contributed by atoms with Gasteiger partial charge in [-0.15, -0.1) is 11.3 Å². The summed E-state index contributed by atoms with van der Waals surface area (Å²) in [7, 11) is 1.89. The number of fused-ring (bicyclic) bond motifs is 1. The first-order valence-electron chi connectivity index (χ1n) is 8.34. The predicted octanol–water partition coefficient (Wildman–Crippen LogP) is 3.32. The summed E-state index contributed by atoms with van der Waals surface area (Å²) in [5.74, 6) is 0.417. The van der Waals surface area contributed by atoms with Gasteiger partial charge >= 0.3 is 0 Å². The van der Waals surface area contributed by atoms with Crippen LogP contribution in [0.2, 0.25) is 0 Å². The first-order chi connectivity index (χ1) is 11.1. The van der Waals surface area contributed by atoms with Gasteiger partial charge in [-0.25, -0.2) is 4.98 Å². The molecule has 23 heavy (non-hydrogen) atoms. The molecule has 2 heterocycles. The van der Waals surface area contributed by atoms with Crippen LogP contribution >= 0.6 is 11.3 Å². The van der Waals surface area contributed by atoms with Gasteiger partial charge in [0.15, 0.2) is 0 Å². The average Bonchev–Trinajstić information content (AvgIpc) is 3.13. The number of nitrogens with one attached hydrogen (secondary N) is 1. The Bertz CT molecular complexity index is 691. The number of likely N-dealkylation sites (N-methyl/N-ethyl adjacent to an activating group) is 1. The molecule has 2 aromatic heterocycles. The number of aryl methyl sites for hydroxylation is 3. The molecule has 0 bridgehead atoms. The zero-order valence-electron chi connectivity index (χ0n) is 14.1. The number of thiazole rings is 1. The maximum Gasteiger partial charge on any atom is 0.257 e. The lowest BCUT2D eigenvalue weighted by molar-refractivity contribution is 0.0782. The fourth-order valence-electron chi connectivity index (χ4n) is 3.36. The number of carbonyl (C=O) groups excluding carboxylic acids is 1. The quantitative estimate of drug-likeness (QED) is 0.913. The summed E-state index contributed by atoms with van der Waals surface area (Å²) in [6, 6.07) is 0. The third kappa shape index (κ3) is 3.32. The molecule has 1 atom stereocenters. The minimum atomic E-state index is 0.0567. The average molecular weight is 332 g/mol. The van der Waals surface area contributed by atoms with Crippen LogP contribution in [0.5, 0.6) is 0 Å². The van der Waals surface area contributed by atoms with Crippen LogP contribution in [0.3, 0.4) is 0 Å². The van der Waals surface area contributed by atoms with Gasteiger partial charge in [-0.05, 0) is 32.6 Å². The lowest BCUT2D eigenvalue weighted by Crippen LogP contribution is -2.32. The molecule has 1 aliphatic rings. The van der Waals surface area contributed by atoms with Gasteiger partial charge < -0.3 is 4.90 Å². The van der Waals surface area contributed by atoms with E-state index in [1.54, 1.807) is 17.5 Å². The van der Waals surface area contributed by atoms with E-state index in [4.69, 9.17) is 4.98 Å². The second-order valence-electron chi connectivity index (χ2n) is 6.33. The Morgan fingerprint density at radius 1 is 1.52 bits per heavy atom. The standard InChI is InChI=1S/C17H24N4OS/c1-4-6-14-13(9-18-20-14)17(22)21(3)10-12-7-5-8-15-16(12)19-11(2)23-15/h9,12H,4-8,10H2,1-3H3,(H,18,20). The Kier molecular flexibility index (Phi) is 4.80. The highest BCUT2D eigenvalue weighted by Gasteiger charge is 2.27. The molecule has 0 saturated heterocycles. The van der Waals surface area contributed by atoms with Crippen LogP contribution in [0, 0.1) is 6.92 Å². The Balaban J connectivity index is 1.73. The molecule has 6 heteroatoms. The van der Waals surface area contributed by atoms with Crippen molar-refractivity contribution >= 4 is 17.2 Å². The normalized spacial score (nSPS) is 17.1. The first-order valence-corrected chi connectivity index (χ1v) is 9.15. The van der Waals surface area contributed by atoms with Crippen LogP contribution in [0.25, 0.3) is 0 Å². The summed E-state index contributed by atoms with van der Waals surface area (Å²) >= 11 is 1.81. The van der Waals surface area contributed by atoms with Crippen LogP contribution in [-0.2, 0) is 12.8 Å². The van der Waals surface area contributed by atoms with Crippen molar-refractivity contribution in [3.63, 3.8) is 0 Å². The smallest absolute Gasteiger partial charge is 0.257 e. The van der Waals surface area contributed by atoms with Crippen LogP contribution in [0.1, 0.15) is 63.7 Å². The molecule has 2 aromatic rings. The number of amides is 1. The summed E-state index contributed by atoms with van der Waals surface area (Å²) in [5, 5.41) is 8.14. The van der Waals surface area contributed by atoms with Crippen molar-refractivity contribution in [2.75, 3.05) is 13.6 Å². The third-order valence-electron chi connectivity index (χ3n) is 4.47. The van der Waals surface area contributed by atoms with E-state index in [2.05, 4.69) is 24.0 Å². The van der Waals surface area contributed by atoms with Gasteiger partial charge in [0, 0.05) is 30.1 Å². The molecule has 0 fully saturated rings. The number of hydrogen-bond acceptors (Lipinski definition) is 4. The van der Waals surface area contributed by atoms with Crippen molar-refractivity contribution in [2.24, 2.45) is 0 Å². The molecule has 124 valence electrons. The molecule has 1 N–H and O–H groups in total. The second-order valence-corrected chi connectivity index (χ2v) is 7.62. The van der Waals surface area contributed by atoms with E-state index in [9.17, 15) is 4.79 Å². The van der Waals surface area contributed by atoms with E-state index in [1.807, 2.05) is 11.9 Å². The number of aromatic nitrogens is 3. The first kappa shape index (κ1) is 16.2. The van der Waals surface area contributed by atoms with E-state index in [0.717, 1.165) is 42.9 Å². The van der Waals surface area contributed by atoms with E-state index in [1.165, 1.54) is 17.0 Å². The van der Waals surface area contributed by atoms with Crippen molar-refractivity contribution in [3.8, 4) is 0 Å². The minimum Gasteiger partial charge on any atom is -0.341 e. The second kappa shape index (κ2) is 6.83. The number of rotatable bonds is 5. The number of hydrogen-bond donors (Lipinski definition) is 1. The van der Waals surface area contributed by atoms with Gasteiger partial charge in [0.05, 0.1) is 22.5 Å². The number of nitrogens with zero attached hydrogens (tertiary/aromatic N) is 3. The van der Waals surface area contributed by atoms with Gasteiger partial charge in [0.1, 0.15) is 0 Å². The highest BCUT2D eigenvalue weighted by atomic mass is 32.1. The lowest BCUT2D eigenvalue weighted by atomic mass is 9.90. The Morgan fingerprint density at radius 3 is 3.13 bits per heavy atom. The van der Waals surface area contributed by atoms with E-state index in [0.29, 0.717) is 11.5 Å². The van der Waals surface area contributed by atoms with Crippen LogP contribution in [0.15, 0.2) is 6.20 Å².